The van der Waals surface area contributed by atoms with E-state index in [4.69, 9.17) is 0 Å². The number of fused-ring (bicyclic) bond motifs is 1. The summed E-state index contributed by atoms with van der Waals surface area (Å²) in [6, 6.07) is 8.49. The van der Waals surface area contributed by atoms with Crippen molar-refractivity contribution in [1.29, 1.82) is 0 Å². The zero-order valence-electron chi connectivity index (χ0n) is 8.70. The van der Waals surface area contributed by atoms with Crippen LogP contribution in [0.15, 0.2) is 35.0 Å². The van der Waals surface area contributed by atoms with E-state index < -0.39 is 0 Å². The molecule has 0 fully saturated rings. The Hall–Kier alpha value is -1.37. The number of hydrogen-bond acceptors (Lipinski definition) is 1. The molecule has 1 aromatic rings. The van der Waals surface area contributed by atoms with E-state index in [1.807, 2.05) is 6.21 Å². The van der Waals surface area contributed by atoms with E-state index >= 15 is 0 Å². The zero-order valence-corrected chi connectivity index (χ0v) is 8.70. The second-order valence-corrected chi connectivity index (χ2v) is 3.94. The molecule has 1 nitrogen and oxygen atoms in total. The van der Waals surface area contributed by atoms with Gasteiger partial charge in [-0.25, -0.2) is 0 Å². The summed E-state index contributed by atoms with van der Waals surface area (Å²) >= 11 is 0. The van der Waals surface area contributed by atoms with E-state index in [-0.39, 0.29) is 0 Å². The topological polar surface area (TPSA) is 12.4 Å². The van der Waals surface area contributed by atoms with E-state index in [1.54, 1.807) is 0 Å². The van der Waals surface area contributed by atoms with Crippen LogP contribution >= 0.6 is 0 Å². The van der Waals surface area contributed by atoms with Gasteiger partial charge in [0, 0.05) is 18.3 Å². The van der Waals surface area contributed by atoms with Crippen molar-refractivity contribution in [3.63, 3.8) is 0 Å². The average molecular weight is 185 g/mol. The van der Waals surface area contributed by atoms with Gasteiger partial charge in [0.05, 0.1) is 0 Å². The van der Waals surface area contributed by atoms with Gasteiger partial charge in [-0.05, 0) is 23.1 Å². The summed E-state index contributed by atoms with van der Waals surface area (Å²) in [6.45, 7) is 4.36. The van der Waals surface area contributed by atoms with Gasteiger partial charge in [-0.3, -0.25) is 4.99 Å². The van der Waals surface area contributed by atoms with Crippen molar-refractivity contribution in [3.05, 3.63) is 41.1 Å². The van der Waals surface area contributed by atoms with Crippen molar-refractivity contribution < 1.29 is 0 Å². The van der Waals surface area contributed by atoms with Gasteiger partial charge in [0.25, 0.3) is 0 Å². The van der Waals surface area contributed by atoms with Crippen molar-refractivity contribution in [1.82, 2.24) is 0 Å². The maximum atomic E-state index is 4.47. The fourth-order valence-electron chi connectivity index (χ4n) is 1.62. The molecule has 1 aliphatic rings. The van der Waals surface area contributed by atoms with Crippen LogP contribution in [0.4, 0.5) is 0 Å². The summed E-state index contributed by atoms with van der Waals surface area (Å²) < 4.78 is 0. The van der Waals surface area contributed by atoms with Crippen molar-refractivity contribution in [2.45, 2.75) is 20.3 Å². The Morgan fingerprint density at radius 2 is 2.00 bits per heavy atom. The molecular formula is C13H15N. The average Bonchev–Trinajstić information content (AvgIpc) is 2.39. The number of hydrogen-bond donors (Lipinski definition) is 0. The lowest BCUT2D eigenvalue weighted by Crippen LogP contribution is -1.89. The predicted octanol–water partition coefficient (Wildman–Crippen LogP) is 3.31. The Morgan fingerprint density at radius 1 is 1.21 bits per heavy atom. The van der Waals surface area contributed by atoms with Crippen molar-refractivity contribution in [2.24, 2.45) is 10.9 Å². The maximum Gasteiger partial charge on any atom is 0.0431 e. The molecule has 0 saturated heterocycles. The Labute approximate surface area is 85.2 Å². The predicted molar refractivity (Wildman–Crippen MR) is 61.5 cm³/mol. The van der Waals surface area contributed by atoms with Gasteiger partial charge in [0.1, 0.15) is 0 Å². The third kappa shape index (κ3) is 1.77. The van der Waals surface area contributed by atoms with Gasteiger partial charge in [-0.1, -0.05) is 38.1 Å². The SMILES string of the molecule is CC(C)C1=Cc2ccccc2CC=N1. The number of aliphatic imine (C=N–C) groups is 1. The largest absolute Gasteiger partial charge is 0.265 e. The fraction of sp³-hybridized carbons (Fsp3) is 0.308. The second kappa shape index (κ2) is 3.79. The van der Waals surface area contributed by atoms with Crippen LogP contribution in [0.5, 0.6) is 0 Å². The van der Waals surface area contributed by atoms with Gasteiger partial charge in [0.2, 0.25) is 0 Å². The summed E-state index contributed by atoms with van der Waals surface area (Å²) in [7, 11) is 0. The summed E-state index contributed by atoms with van der Waals surface area (Å²) in [5.41, 5.74) is 3.86. The van der Waals surface area contributed by atoms with E-state index in [0.29, 0.717) is 5.92 Å². The first-order chi connectivity index (χ1) is 6.77. The summed E-state index contributed by atoms with van der Waals surface area (Å²) in [4.78, 5) is 4.47. The molecule has 0 amide bonds. The molecule has 0 N–H and O–H groups in total. The molecule has 2 rings (SSSR count). The normalized spacial score (nSPS) is 14.9. The molecule has 0 atom stereocenters. The minimum atomic E-state index is 0.498. The van der Waals surface area contributed by atoms with Crippen LogP contribution in [-0.4, -0.2) is 6.21 Å². The Balaban J connectivity index is 2.46. The molecule has 0 saturated carbocycles. The van der Waals surface area contributed by atoms with Crippen LogP contribution in [0.25, 0.3) is 6.08 Å². The molecule has 14 heavy (non-hydrogen) atoms. The molecule has 0 bridgehead atoms. The monoisotopic (exact) mass is 185 g/mol. The molecule has 0 spiro atoms. The van der Waals surface area contributed by atoms with Gasteiger partial charge in [0.15, 0.2) is 0 Å². The minimum Gasteiger partial charge on any atom is -0.265 e. The van der Waals surface area contributed by atoms with Crippen LogP contribution in [0.1, 0.15) is 25.0 Å². The summed E-state index contributed by atoms with van der Waals surface area (Å²) in [6.07, 6.45) is 5.16. The minimum absolute atomic E-state index is 0.498. The molecule has 1 heterocycles. The lowest BCUT2D eigenvalue weighted by molar-refractivity contribution is 0.766. The molecular weight excluding hydrogens is 170 g/mol. The van der Waals surface area contributed by atoms with Crippen LogP contribution in [0, 0.1) is 5.92 Å². The molecule has 0 radical (unpaired) electrons. The van der Waals surface area contributed by atoms with Gasteiger partial charge in [-0.2, -0.15) is 0 Å². The van der Waals surface area contributed by atoms with Crippen molar-refractivity contribution in [2.75, 3.05) is 0 Å². The highest BCUT2D eigenvalue weighted by atomic mass is 14.7. The Morgan fingerprint density at radius 3 is 2.79 bits per heavy atom. The van der Waals surface area contributed by atoms with Crippen LogP contribution in [-0.2, 0) is 6.42 Å². The molecule has 0 unspecified atom stereocenters. The molecule has 1 heteroatoms. The van der Waals surface area contributed by atoms with Crippen LogP contribution in [0.2, 0.25) is 0 Å². The number of allylic oxidation sites excluding steroid dienone is 1. The van der Waals surface area contributed by atoms with Gasteiger partial charge in [-0.15, -0.1) is 0 Å². The molecule has 72 valence electrons. The van der Waals surface area contributed by atoms with E-state index in [0.717, 1.165) is 6.42 Å². The maximum absolute atomic E-state index is 4.47. The molecule has 1 aliphatic heterocycles. The third-order valence-electron chi connectivity index (χ3n) is 2.50. The van der Waals surface area contributed by atoms with Crippen molar-refractivity contribution in [3.8, 4) is 0 Å². The van der Waals surface area contributed by atoms with Crippen LogP contribution in [0.3, 0.4) is 0 Å². The zero-order chi connectivity index (χ0) is 9.97. The first-order valence-corrected chi connectivity index (χ1v) is 5.09. The van der Waals surface area contributed by atoms with Gasteiger partial charge < -0.3 is 0 Å². The summed E-state index contributed by atoms with van der Waals surface area (Å²) in [5.74, 6) is 0.498. The second-order valence-electron chi connectivity index (χ2n) is 3.94. The van der Waals surface area contributed by atoms with E-state index in [1.165, 1.54) is 16.8 Å². The summed E-state index contributed by atoms with van der Waals surface area (Å²) in [5, 5.41) is 0. The number of rotatable bonds is 1. The highest BCUT2D eigenvalue weighted by molar-refractivity contribution is 5.71. The lowest BCUT2D eigenvalue weighted by Gasteiger charge is -2.04. The first-order valence-electron chi connectivity index (χ1n) is 5.09. The molecule has 1 aromatic carbocycles. The fourth-order valence-corrected chi connectivity index (χ4v) is 1.62. The molecule has 0 aliphatic carbocycles. The first kappa shape index (κ1) is 9.20. The smallest absolute Gasteiger partial charge is 0.0431 e. The lowest BCUT2D eigenvalue weighted by atomic mass is 10.0. The van der Waals surface area contributed by atoms with E-state index in [2.05, 4.69) is 49.2 Å². The van der Waals surface area contributed by atoms with Gasteiger partial charge >= 0.3 is 0 Å². The van der Waals surface area contributed by atoms with E-state index in [9.17, 15) is 0 Å². The number of benzene rings is 1. The Bertz CT molecular complexity index is 386. The quantitative estimate of drug-likeness (QED) is 0.636. The van der Waals surface area contributed by atoms with Crippen molar-refractivity contribution >= 4 is 12.3 Å². The van der Waals surface area contributed by atoms with Crippen LogP contribution < -0.4 is 0 Å². The standard InChI is InChI=1S/C13H15N/c1-10(2)13-9-12-6-4-3-5-11(12)7-8-14-13/h3-6,8-10H,7H2,1-2H3. The highest BCUT2D eigenvalue weighted by Gasteiger charge is 2.06. The Kier molecular flexibility index (Phi) is 2.49. The third-order valence-corrected chi connectivity index (χ3v) is 2.50. The molecule has 0 aromatic heterocycles. The highest BCUT2D eigenvalue weighted by Crippen LogP contribution is 2.21. The number of nitrogens with zero attached hydrogens (tertiary/aromatic N) is 1.